The lowest BCUT2D eigenvalue weighted by Crippen LogP contribution is -2.52. The number of carboxylic acids is 1. The van der Waals surface area contributed by atoms with Gasteiger partial charge in [0.05, 0.1) is 0 Å². The Balaban J connectivity index is 0.000000908. The Bertz CT molecular complexity index is 1910. The average Bonchev–Trinajstić information content (AvgIpc) is 3.69. The first-order valence-corrected chi connectivity index (χ1v) is 17.6. The zero-order valence-corrected chi connectivity index (χ0v) is 31.6. The zero-order valence-electron chi connectivity index (χ0n) is 31.6. The van der Waals surface area contributed by atoms with E-state index < -0.39 is 35.8 Å². The van der Waals surface area contributed by atoms with Gasteiger partial charge in [-0.1, -0.05) is 24.3 Å². The van der Waals surface area contributed by atoms with Crippen LogP contribution in [0.4, 0.5) is 29.6 Å². The van der Waals surface area contributed by atoms with Gasteiger partial charge in [-0.25, -0.2) is 19.6 Å². The second-order valence-electron chi connectivity index (χ2n) is 14.4. The molecular weight excluding hydrogens is 737 g/mol. The van der Waals surface area contributed by atoms with E-state index in [-0.39, 0.29) is 24.2 Å². The molecule has 3 amide bonds. The molecule has 1 saturated carbocycles. The number of carboxylic acid groups (broad SMARTS) is 1. The van der Waals surface area contributed by atoms with Crippen LogP contribution in [0.3, 0.4) is 0 Å². The van der Waals surface area contributed by atoms with Gasteiger partial charge in [0.2, 0.25) is 23.6 Å². The molecule has 5 rings (SSSR count). The first-order chi connectivity index (χ1) is 26.3. The summed E-state index contributed by atoms with van der Waals surface area (Å²) >= 11 is 0. The van der Waals surface area contributed by atoms with Crippen molar-refractivity contribution in [1.29, 1.82) is 0 Å². The molecule has 4 aromatic rings. The summed E-state index contributed by atoms with van der Waals surface area (Å²) in [4.78, 5) is 60.8. The molecule has 19 heteroatoms. The molecule has 56 heavy (non-hydrogen) atoms. The summed E-state index contributed by atoms with van der Waals surface area (Å²) < 4.78 is 37.1. The molecule has 1 aliphatic carbocycles. The van der Waals surface area contributed by atoms with E-state index in [0.29, 0.717) is 42.4 Å². The molecule has 0 unspecified atom stereocenters. The standard InChI is InChI=1S/C35H44N10O4.C2HF3O2/c1-35(2,3)49-34(48)39-19-23-8-12-26(13-9-23)32(47)45(28-16-14-25(15-17-28)31-40-42-43-41-31)29(30(36)46)18-22-6-10-24(11-7-22)27-20-37-33(38-21-27)44(4)5;3-2(4,5)1(6)7/h6-7,10-11,14-17,20-21,23,26,29H,8-9,12-13,18-19H2,1-5H3,(H2,36,46)(H,39,48)(H,40,41,42,43);(H,6,7)/t23-,26-,29-;/m0./s1. The highest BCUT2D eigenvalue weighted by molar-refractivity contribution is 6.01. The number of alkyl halides is 3. The van der Waals surface area contributed by atoms with E-state index in [0.717, 1.165) is 29.5 Å². The molecule has 0 aliphatic heterocycles. The molecule has 0 radical (unpaired) electrons. The van der Waals surface area contributed by atoms with Gasteiger partial charge < -0.3 is 25.8 Å². The number of aromatic amines is 1. The number of primary amides is 1. The lowest BCUT2D eigenvalue weighted by atomic mass is 9.81. The van der Waals surface area contributed by atoms with Gasteiger partial charge in [0.25, 0.3) is 0 Å². The predicted molar refractivity (Wildman–Crippen MR) is 199 cm³/mol. The maximum atomic E-state index is 14.4. The summed E-state index contributed by atoms with van der Waals surface area (Å²) in [6, 6.07) is 13.9. The van der Waals surface area contributed by atoms with Crippen molar-refractivity contribution >= 4 is 35.5 Å². The number of hydrogen-bond acceptors (Lipinski definition) is 11. The molecule has 2 aromatic carbocycles. The molecule has 300 valence electrons. The van der Waals surface area contributed by atoms with Crippen LogP contribution in [0.25, 0.3) is 22.5 Å². The normalized spacial score (nSPS) is 16.1. The Kier molecular flexibility index (Phi) is 14.0. The number of halogens is 3. The molecule has 0 bridgehead atoms. The molecule has 1 fully saturated rings. The number of nitrogens with zero attached hydrogens (tertiary/aromatic N) is 7. The van der Waals surface area contributed by atoms with Gasteiger partial charge in [0.1, 0.15) is 11.6 Å². The highest BCUT2D eigenvalue weighted by Crippen LogP contribution is 2.33. The molecule has 0 spiro atoms. The van der Waals surface area contributed by atoms with Crippen molar-refractivity contribution in [2.75, 3.05) is 30.4 Å². The van der Waals surface area contributed by atoms with E-state index in [4.69, 9.17) is 20.4 Å². The molecular formula is C37H45F3N10O6. The quantitative estimate of drug-likeness (QED) is 0.161. The van der Waals surface area contributed by atoms with E-state index in [1.807, 2.05) is 64.0 Å². The fourth-order valence-electron chi connectivity index (χ4n) is 5.94. The Morgan fingerprint density at radius 1 is 0.929 bits per heavy atom. The number of aliphatic carboxylic acids is 1. The van der Waals surface area contributed by atoms with Crippen molar-refractivity contribution in [3.63, 3.8) is 0 Å². The van der Waals surface area contributed by atoms with Crippen LogP contribution in [0.1, 0.15) is 52.0 Å². The van der Waals surface area contributed by atoms with Crippen LogP contribution in [0, 0.1) is 11.8 Å². The Hall–Kier alpha value is -6.14. The first kappa shape index (κ1) is 42.6. The van der Waals surface area contributed by atoms with Crippen LogP contribution in [0.5, 0.6) is 0 Å². The molecule has 0 saturated heterocycles. The average molecular weight is 783 g/mol. The SMILES string of the molecule is CN(C)c1ncc(-c2ccc(C[C@@H](C(N)=O)N(c3ccc(-c4nn[nH]n4)cc3)C(=O)[C@H]3CC[C@H](CNC(=O)OC(C)(C)C)CC3)cc2)cn1.O=C(O)C(F)(F)F. The number of carbonyl (C=O) groups is 4. The largest absolute Gasteiger partial charge is 0.490 e. The number of hydrogen-bond donors (Lipinski definition) is 4. The van der Waals surface area contributed by atoms with Crippen LogP contribution in [-0.2, 0) is 25.5 Å². The second kappa shape index (κ2) is 18.5. The van der Waals surface area contributed by atoms with E-state index in [9.17, 15) is 27.6 Å². The van der Waals surface area contributed by atoms with E-state index in [1.165, 1.54) is 0 Å². The number of tetrazole rings is 1. The minimum atomic E-state index is -5.08. The zero-order chi connectivity index (χ0) is 41.2. The topological polar surface area (TPSA) is 223 Å². The number of ether oxygens (including phenoxy) is 1. The lowest BCUT2D eigenvalue weighted by Gasteiger charge is -2.36. The van der Waals surface area contributed by atoms with Gasteiger partial charge >= 0.3 is 18.2 Å². The number of H-pyrrole nitrogens is 1. The third-order valence-corrected chi connectivity index (χ3v) is 8.75. The summed E-state index contributed by atoms with van der Waals surface area (Å²) in [6.07, 6.45) is 0.956. The highest BCUT2D eigenvalue weighted by atomic mass is 19.4. The summed E-state index contributed by atoms with van der Waals surface area (Å²) in [5.41, 5.74) is 9.36. The molecule has 16 nitrogen and oxygen atoms in total. The predicted octanol–water partition coefficient (Wildman–Crippen LogP) is 4.78. The Morgan fingerprint density at radius 2 is 1.50 bits per heavy atom. The molecule has 1 aliphatic rings. The third-order valence-electron chi connectivity index (χ3n) is 8.75. The van der Waals surface area contributed by atoms with Crippen molar-refractivity contribution in [1.82, 2.24) is 35.9 Å². The van der Waals surface area contributed by atoms with Gasteiger partial charge in [-0.3, -0.25) is 14.5 Å². The van der Waals surface area contributed by atoms with Crippen molar-refractivity contribution in [3.8, 4) is 22.5 Å². The highest BCUT2D eigenvalue weighted by Gasteiger charge is 2.38. The summed E-state index contributed by atoms with van der Waals surface area (Å²) in [5.74, 6) is -2.60. The molecule has 2 heterocycles. The first-order valence-electron chi connectivity index (χ1n) is 17.6. The minimum Gasteiger partial charge on any atom is -0.475 e. The smallest absolute Gasteiger partial charge is 0.475 e. The van der Waals surface area contributed by atoms with Crippen molar-refractivity contribution in [3.05, 3.63) is 66.5 Å². The number of benzene rings is 2. The molecule has 1 atom stereocenters. The number of alkyl carbamates (subject to hydrolysis) is 1. The van der Waals surface area contributed by atoms with Crippen molar-refractivity contribution < 1.29 is 42.2 Å². The second-order valence-corrected chi connectivity index (χ2v) is 14.4. The fraction of sp³-hybridized carbons (Fsp3) is 0.432. The van der Waals surface area contributed by atoms with Gasteiger partial charge in [-0.05, 0) is 93.0 Å². The van der Waals surface area contributed by atoms with Crippen molar-refractivity contribution in [2.24, 2.45) is 17.6 Å². The van der Waals surface area contributed by atoms with Crippen LogP contribution in [-0.4, -0.2) is 98.0 Å². The fourth-order valence-corrected chi connectivity index (χ4v) is 5.94. The van der Waals surface area contributed by atoms with Gasteiger partial charge in [-0.15, -0.1) is 10.2 Å². The van der Waals surface area contributed by atoms with Crippen molar-refractivity contribution in [2.45, 2.75) is 70.7 Å². The van der Waals surface area contributed by atoms with Crippen LogP contribution >= 0.6 is 0 Å². The summed E-state index contributed by atoms with van der Waals surface area (Å²) in [5, 5.41) is 24.1. The number of carbonyl (C=O) groups excluding carboxylic acids is 3. The lowest BCUT2D eigenvalue weighted by molar-refractivity contribution is -0.192. The van der Waals surface area contributed by atoms with Crippen LogP contribution < -0.4 is 20.9 Å². The minimum absolute atomic E-state index is 0.163. The van der Waals surface area contributed by atoms with E-state index >= 15 is 0 Å². The maximum absolute atomic E-state index is 14.4. The monoisotopic (exact) mass is 782 g/mol. The van der Waals surface area contributed by atoms with E-state index in [1.54, 1.807) is 41.6 Å². The summed E-state index contributed by atoms with van der Waals surface area (Å²) in [7, 11) is 3.76. The Labute approximate surface area is 321 Å². The maximum Gasteiger partial charge on any atom is 0.490 e. The number of anilines is 2. The Morgan fingerprint density at radius 3 is 1.98 bits per heavy atom. The number of nitrogens with two attached hydrogens (primary N) is 1. The third kappa shape index (κ3) is 12.2. The molecule has 2 aromatic heterocycles. The number of aromatic nitrogens is 6. The molecule has 5 N–H and O–H groups in total. The summed E-state index contributed by atoms with van der Waals surface area (Å²) in [6.45, 7) is 5.94. The van der Waals surface area contributed by atoms with Crippen LogP contribution in [0.15, 0.2) is 60.9 Å². The number of nitrogens with one attached hydrogen (secondary N) is 2. The number of rotatable bonds is 11. The van der Waals surface area contributed by atoms with Gasteiger partial charge in [0.15, 0.2) is 0 Å². The van der Waals surface area contributed by atoms with Gasteiger partial charge in [-0.2, -0.15) is 18.4 Å². The number of amides is 3. The van der Waals surface area contributed by atoms with Crippen LogP contribution in [0.2, 0.25) is 0 Å². The van der Waals surface area contributed by atoms with Gasteiger partial charge in [0, 0.05) is 62.2 Å². The van der Waals surface area contributed by atoms with E-state index in [2.05, 4.69) is 35.9 Å².